The number of rotatable bonds is 3. The van der Waals surface area contributed by atoms with Crippen LogP contribution in [0.15, 0.2) is 0 Å². The summed E-state index contributed by atoms with van der Waals surface area (Å²) < 4.78 is 22.9. The minimum absolute atomic E-state index is 0.432. The molecule has 3 nitrogen and oxygen atoms in total. The Morgan fingerprint density at radius 1 is 1.17 bits per heavy atom. The van der Waals surface area contributed by atoms with Gasteiger partial charge in [-0.05, 0) is 56.5 Å². The van der Waals surface area contributed by atoms with E-state index < -0.39 is 9.84 Å². The van der Waals surface area contributed by atoms with Crippen molar-refractivity contribution in [2.75, 3.05) is 31.1 Å². The van der Waals surface area contributed by atoms with Crippen LogP contribution in [0, 0.1) is 11.3 Å². The van der Waals surface area contributed by atoms with E-state index in [1.807, 2.05) is 0 Å². The van der Waals surface area contributed by atoms with Gasteiger partial charge in [0.25, 0.3) is 0 Å². The number of sulfone groups is 1. The third kappa shape index (κ3) is 2.74. The molecule has 3 rings (SSSR count). The molecule has 0 N–H and O–H groups in total. The zero-order chi connectivity index (χ0) is 12.6. The highest BCUT2D eigenvalue weighted by Crippen LogP contribution is 2.45. The van der Waals surface area contributed by atoms with Gasteiger partial charge in [-0.2, -0.15) is 0 Å². The minimum Gasteiger partial charge on any atom is -0.303 e. The van der Waals surface area contributed by atoms with Crippen LogP contribution in [0.4, 0.5) is 0 Å². The van der Waals surface area contributed by atoms with E-state index in [1.54, 1.807) is 0 Å². The van der Waals surface area contributed by atoms with Crippen LogP contribution in [0.3, 0.4) is 0 Å². The average molecular weight is 271 g/mol. The van der Waals surface area contributed by atoms with E-state index in [2.05, 4.69) is 4.90 Å². The maximum atomic E-state index is 11.4. The van der Waals surface area contributed by atoms with Crippen LogP contribution in [0.1, 0.15) is 44.9 Å². The fourth-order valence-corrected chi connectivity index (χ4v) is 6.13. The van der Waals surface area contributed by atoms with Crippen molar-refractivity contribution in [2.45, 2.75) is 44.9 Å². The smallest absolute Gasteiger partial charge is 0.150 e. The Morgan fingerprint density at radius 3 is 2.61 bits per heavy atom. The number of nitrogens with zero attached hydrogens (tertiary/aromatic N) is 1. The lowest BCUT2D eigenvalue weighted by Gasteiger charge is -2.24. The Kier molecular flexibility index (Phi) is 3.43. The summed E-state index contributed by atoms with van der Waals surface area (Å²) in [6.45, 7) is 3.66. The Balaban J connectivity index is 1.45. The van der Waals surface area contributed by atoms with Crippen molar-refractivity contribution in [1.82, 2.24) is 4.90 Å². The molecule has 3 aliphatic rings. The fourth-order valence-electron chi connectivity index (χ4n) is 4.22. The van der Waals surface area contributed by atoms with Gasteiger partial charge in [-0.15, -0.1) is 0 Å². The lowest BCUT2D eigenvalue weighted by Crippen LogP contribution is -2.27. The van der Waals surface area contributed by atoms with Gasteiger partial charge in [0, 0.05) is 6.54 Å². The summed E-state index contributed by atoms with van der Waals surface area (Å²) in [6.07, 6.45) is 9.10. The molecule has 2 aliphatic heterocycles. The lowest BCUT2D eigenvalue weighted by molar-refractivity contribution is 0.250. The summed E-state index contributed by atoms with van der Waals surface area (Å²) in [4.78, 5) is 2.59. The van der Waals surface area contributed by atoms with Crippen molar-refractivity contribution in [2.24, 2.45) is 11.3 Å². The van der Waals surface area contributed by atoms with Gasteiger partial charge in [0.1, 0.15) is 0 Å². The third-order valence-electron chi connectivity index (χ3n) is 5.36. The van der Waals surface area contributed by atoms with Gasteiger partial charge in [-0.25, -0.2) is 8.42 Å². The fraction of sp³-hybridized carbons (Fsp3) is 1.00. The van der Waals surface area contributed by atoms with Crippen molar-refractivity contribution < 1.29 is 8.42 Å². The maximum Gasteiger partial charge on any atom is 0.150 e. The molecule has 1 unspecified atom stereocenters. The second-order valence-electron chi connectivity index (χ2n) is 6.79. The monoisotopic (exact) mass is 271 g/mol. The molecule has 1 aliphatic carbocycles. The first-order valence-corrected chi connectivity index (χ1v) is 9.32. The Morgan fingerprint density at radius 2 is 1.94 bits per heavy atom. The van der Waals surface area contributed by atoms with Gasteiger partial charge in [0.05, 0.1) is 11.5 Å². The van der Waals surface area contributed by atoms with Gasteiger partial charge in [-0.3, -0.25) is 0 Å². The van der Waals surface area contributed by atoms with Crippen LogP contribution in [0.2, 0.25) is 0 Å². The molecular formula is C14H25NO2S. The predicted molar refractivity (Wildman–Crippen MR) is 73.3 cm³/mol. The second kappa shape index (κ2) is 4.78. The van der Waals surface area contributed by atoms with Crippen LogP contribution < -0.4 is 0 Å². The summed E-state index contributed by atoms with van der Waals surface area (Å²) in [7, 11) is -2.68. The Labute approximate surface area is 111 Å². The van der Waals surface area contributed by atoms with Crippen molar-refractivity contribution in [3.05, 3.63) is 0 Å². The molecule has 3 fully saturated rings. The molecule has 0 bridgehead atoms. The summed E-state index contributed by atoms with van der Waals surface area (Å²) >= 11 is 0. The number of likely N-dealkylation sites (tertiary alicyclic amines) is 1. The predicted octanol–water partition coefficient (Wildman–Crippen LogP) is 2.08. The van der Waals surface area contributed by atoms with Crippen molar-refractivity contribution in [3.8, 4) is 0 Å². The third-order valence-corrected chi connectivity index (χ3v) is 7.20. The SMILES string of the molecule is O=S1(=O)CCC(CCN2CCC3(CCCC3)C2)C1. The van der Waals surface area contributed by atoms with E-state index in [0.717, 1.165) is 19.4 Å². The molecule has 1 saturated carbocycles. The van der Waals surface area contributed by atoms with Gasteiger partial charge in [-0.1, -0.05) is 12.8 Å². The maximum absolute atomic E-state index is 11.4. The van der Waals surface area contributed by atoms with Gasteiger partial charge in [0.15, 0.2) is 9.84 Å². The summed E-state index contributed by atoms with van der Waals surface area (Å²) in [5, 5.41) is 0. The van der Waals surface area contributed by atoms with E-state index in [4.69, 9.17) is 0 Å². The average Bonchev–Trinajstić information content (AvgIpc) is 3.00. The molecule has 1 atom stereocenters. The van der Waals surface area contributed by atoms with Gasteiger partial charge in [0.2, 0.25) is 0 Å². The zero-order valence-electron chi connectivity index (χ0n) is 11.2. The highest BCUT2D eigenvalue weighted by Gasteiger charge is 2.40. The molecule has 0 amide bonds. The largest absolute Gasteiger partial charge is 0.303 e. The topological polar surface area (TPSA) is 37.4 Å². The zero-order valence-corrected chi connectivity index (χ0v) is 12.1. The van der Waals surface area contributed by atoms with Crippen LogP contribution in [0.5, 0.6) is 0 Å². The van der Waals surface area contributed by atoms with E-state index in [1.165, 1.54) is 45.2 Å². The Bertz CT molecular complexity index is 398. The first kappa shape index (κ1) is 12.9. The molecule has 0 aromatic carbocycles. The highest BCUT2D eigenvalue weighted by molar-refractivity contribution is 7.91. The van der Waals surface area contributed by atoms with Crippen molar-refractivity contribution in [1.29, 1.82) is 0 Å². The summed E-state index contributed by atoms with van der Waals surface area (Å²) in [5.74, 6) is 1.32. The molecule has 1 spiro atoms. The molecule has 18 heavy (non-hydrogen) atoms. The molecular weight excluding hydrogens is 246 g/mol. The standard InChI is InChI=1S/C14H25NO2S/c16-18(17)10-4-13(11-18)3-8-15-9-7-14(12-15)5-1-2-6-14/h13H,1-12H2. The summed E-state index contributed by atoms with van der Waals surface area (Å²) in [5.41, 5.74) is 0.655. The summed E-state index contributed by atoms with van der Waals surface area (Å²) in [6, 6.07) is 0. The van der Waals surface area contributed by atoms with E-state index >= 15 is 0 Å². The van der Waals surface area contributed by atoms with E-state index in [9.17, 15) is 8.42 Å². The molecule has 4 heteroatoms. The normalized spacial score (nSPS) is 34.6. The Hall–Kier alpha value is -0.0900. The van der Waals surface area contributed by atoms with E-state index in [0.29, 0.717) is 22.8 Å². The lowest BCUT2D eigenvalue weighted by atomic mass is 9.86. The van der Waals surface area contributed by atoms with Crippen LogP contribution in [-0.4, -0.2) is 44.5 Å². The molecule has 0 radical (unpaired) electrons. The van der Waals surface area contributed by atoms with Gasteiger partial charge >= 0.3 is 0 Å². The van der Waals surface area contributed by atoms with Crippen LogP contribution in [0.25, 0.3) is 0 Å². The molecule has 104 valence electrons. The van der Waals surface area contributed by atoms with Crippen molar-refractivity contribution in [3.63, 3.8) is 0 Å². The molecule has 0 aromatic heterocycles. The highest BCUT2D eigenvalue weighted by atomic mass is 32.2. The number of hydrogen-bond acceptors (Lipinski definition) is 3. The van der Waals surface area contributed by atoms with Crippen molar-refractivity contribution >= 4 is 9.84 Å². The second-order valence-corrected chi connectivity index (χ2v) is 9.02. The first-order valence-electron chi connectivity index (χ1n) is 7.50. The first-order chi connectivity index (χ1) is 8.57. The van der Waals surface area contributed by atoms with E-state index in [-0.39, 0.29) is 0 Å². The van der Waals surface area contributed by atoms with Gasteiger partial charge < -0.3 is 4.90 Å². The molecule has 2 heterocycles. The molecule has 2 saturated heterocycles. The quantitative estimate of drug-likeness (QED) is 0.788. The van der Waals surface area contributed by atoms with Crippen LogP contribution >= 0.6 is 0 Å². The number of hydrogen-bond donors (Lipinski definition) is 0. The van der Waals surface area contributed by atoms with Crippen LogP contribution in [-0.2, 0) is 9.84 Å². The minimum atomic E-state index is -2.68. The molecule has 0 aromatic rings.